The summed E-state index contributed by atoms with van der Waals surface area (Å²) in [7, 11) is 0. The summed E-state index contributed by atoms with van der Waals surface area (Å²) in [6.45, 7) is 13.5. The number of aryl methyl sites for hydroxylation is 2. The molecule has 2 fully saturated rings. The quantitative estimate of drug-likeness (QED) is 0.0901. The van der Waals surface area contributed by atoms with Crippen LogP contribution in [-0.4, -0.2) is 72.5 Å². The zero-order valence-electron chi connectivity index (χ0n) is 26.6. The maximum Gasteiger partial charge on any atom is 0.248 e. The number of carbonyl (C=O) groups is 3. The Balaban J connectivity index is 1.36. The van der Waals surface area contributed by atoms with Gasteiger partial charge in [-0.05, 0) is 83.9 Å². The molecule has 1 aliphatic carbocycles. The normalized spacial score (nSPS) is 19.8. The van der Waals surface area contributed by atoms with Gasteiger partial charge in [-0.1, -0.05) is 18.2 Å². The average molecular weight is 699 g/mol. The summed E-state index contributed by atoms with van der Waals surface area (Å²) in [5.41, 5.74) is 3.90. The van der Waals surface area contributed by atoms with Gasteiger partial charge >= 0.3 is 0 Å². The van der Waals surface area contributed by atoms with E-state index in [2.05, 4.69) is 54.5 Å². The number of aromatic nitrogens is 5. The molecule has 6 rings (SSSR count). The van der Waals surface area contributed by atoms with Gasteiger partial charge in [-0.25, -0.2) is 15.0 Å². The molecule has 1 aromatic carbocycles. The lowest BCUT2D eigenvalue weighted by molar-refractivity contribution is -0.138. The first-order chi connectivity index (χ1) is 22.5. The fourth-order valence-electron chi connectivity index (χ4n) is 6.61. The van der Waals surface area contributed by atoms with Crippen molar-refractivity contribution in [3.05, 3.63) is 89.2 Å². The number of allylic oxidation sites excluding steroid dienone is 1. The molecule has 3 atom stereocenters. The maximum atomic E-state index is 14.3. The van der Waals surface area contributed by atoms with Crippen LogP contribution in [0.25, 0.3) is 22.0 Å². The van der Waals surface area contributed by atoms with E-state index in [0.29, 0.717) is 53.2 Å². The molecule has 3 aromatic heterocycles. The van der Waals surface area contributed by atoms with Crippen LogP contribution in [0.2, 0.25) is 0 Å². The molecule has 0 radical (unpaired) electrons. The number of ketones is 1. The number of pyridine rings is 1. The second-order valence-corrected chi connectivity index (χ2v) is 13.1. The van der Waals surface area contributed by atoms with Gasteiger partial charge < -0.3 is 15.0 Å². The molecule has 0 unspecified atom stereocenters. The molecule has 1 aliphatic heterocycles. The number of rotatable bonds is 12. The van der Waals surface area contributed by atoms with E-state index in [1.54, 1.807) is 40.2 Å². The zero-order chi connectivity index (χ0) is 33.5. The van der Waals surface area contributed by atoms with Crippen LogP contribution in [0.1, 0.15) is 47.2 Å². The molecule has 2 amide bonds. The Labute approximate surface area is 281 Å². The van der Waals surface area contributed by atoms with E-state index < -0.39 is 6.04 Å². The fraction of sp³-hybridized carbons (Fsp3) is 0.343. The van der Waals surface area contributed by atoms with Crippen LogP contribution in [0.3, 0.4) is 0 Å². The number of likely N-dealkylation sites (tertiary alicyclic amines) is 1. The van der Waals surface area contributed by atoms with E-state index in [1.165, 1.54) is 6.92 Å². The SMILES string of the molecule is C=CCOC[C@@]12C[C@@H](C(=O)Nc3nc(Br)ccc3C)N(C(=O)Cn3nc(C(C)=O)c4cc(-c5cnc(C)nc5)cc(CC=C)c43)[C@@H]1C2. The lowest BCUT2D eigenvalue weighted by Crippen LogP contribution is -2.47. The highest BCUT2D eigenvalue weighted by Crippen LogP contribution is 2.60. The number of piperidine rings is 1. The third kappa shape index (κ3) is 6.27. The summed E-state index contributed by atoms with van der Waals surface area (Å²) in [6, 6.07) is 6.65. The number of halogens is 1. The van der Waals surface area contributed by atoms with Crippen LogP contribution in [-0.2, 0) is 27.3 Å². The van der Waals surface area contributed by atoms with Crippen molar-refractivity contribution in [2.45, 2.75) is 58.7 Å². The van der Waals surface area contributed by atoms with Crippen LogP contribution in [0.4, 0.5) is 5.82 Å². The molecule has 1 saturated heterocycles. The largest absolute Gasteiger partial charge is 0.377 e. The minimum absolute atomic E-state index is 0.154. The molecule has 12 heteroatoms. The summed E-state index contributed by atoms with van der Waals surface area (Å²) < 4.78 is 8.03. The Kier molecular flexibility index (Phi) is 8.91. The van der Waals surface area contributed by atoms with Gasteiger partial charge in [0, 0.05) is 41.7 Å². The van der Waals surface area contributed by atoms with Gasteiger partial charge in [0.1, 0.15) is 34.5 Å². The molecular formula is C35H36BrN7O4. The Morgan fingerprint density at radius 2 is 1.87 bits per heavy atom. The summed E-state index contributed by atoms with van der Waals surface area (Å²) in [5.74, 6) is 0.286. The number of hydrogen-bond donors (Lipinski definition) is 1. The minimum Gasteiger partial charge on any atom is -0.377 e. The van der Waals surface area contributed by atoms with Gasteiger partial charge in [0.2, 0.25) is 11.8 Å². The van der Waals surface area contributed by atoms with E-state index in [-0.39, 0.29) is 41.3 Å². The molecule has 47 heavy (non-hydrogen) atoms. The number of nitrogens with zero attached hydrogens (tertiary/aromatic N) is 6. The number of hydrogen-bond acceptors (Lipinski definition) is 8. The molecule has 2 aliphatic rings. The van der Waals surface area contributed by atoms with Crippen molar-refractivity contribution in [1.29, 1.82) is 0 Å². The minimum atomic E-state index is -0.733. The lowest BCUT2D eigenvalue weighted by atomic mass is 9.98. The van der Waals surface area contributed by atoms with Crippen molar-refractivity contribution < 1.29 is 19.1 Å². The van der Waals surface area contributed by atoms with Gasteiger partial charge in [-0.3, -0.25) is 19.1 Å². The molecule has 1 N–H and O–H groups in total. The van der Waals surface area contributed by atoms with E-state index in [1.807, 2.05) is 32.0 Å². The van der Waals surface area contributed by atoms with Crippen LogP contribution >= 0.6 is 15.9 Å². The van der Waals surface area contributed by atoms with Crippen molar-refractivity contribution in [3.63, 3.8) is 0 Å². The number of amides is 2. The maximum absolute atomic E-state index is 14.3. The first kappa shape index (κ1) is 32.4. The van der Waals surface area contributed by atoms with Crippen molar-refractivity contribution in [2.75, 3.05) is 18.5 Å². The Bertz CT molecular complexity index is 1920. The molecule has 4 aromatic rings. The molecule has 1 saturated carbocycles. The predicted molar refractivity (Wildman–Crippen MR) is 182 cm³/mol. The van der Waals surface area contributed by atoms with E-state index in [0.717, 1.165) is 28.7 Å². The second-order valence-electron chi connectivity index (χ2n) is 12.3. The predicted octanol–water partition coefficient (Wildman–Crippen LogP) is 5.40. The fourth-order valence-corrected chi connectivity index (χ4v) is 6.91. The molecular weight excluding hydrogens is 662 g/mol. The van der Waals surface area contributed by atoms with Crippen LogP contribution in [0.15, 0.2) is 66.6 Å². The Hall–Kier alpha value is -4.55. The van der Waals surface area contributed by atoms with Crippen molar-refractivity contribution in [1.82, 2.24) is 29.6 Å². The van der Waals surface area contributed by atoms with Gasteiger partial charge in [-0.15, -0.1) is 13.2 Å². The molecule has 0 bridgehead atoms. The smallest absolute Gasteiger partial charge is 0.248 e. The second kappa shape index (κ2) is 12.9. The molecule has 242 valence electrons. The number of Topliss-reactive ketones (excluding diaryl/α,β-unsaturated/α-hetero) is 1. The van der Waals surface area contributed by atoms with E-state index >= 15 is 0 Å². The average Bonchev–Trinajstić information content (AvgIpc) is 3.44. The molecule has 11 nitrogen and oxygen atoms in total. The van der Waals surface area contributed by atoms with Crippen molar-refractivity contribution >= 4 is 50.2 Å². The highest BCUT2D eigenvalue weighted by atomic mass is 79.9. The molecule has 4 heterocycles. The van der Waals surface area contributed by atoms with Gasteiger partial charge in [0.25, 0.3) is 0 Å². The third-order valence-corrected chi connectivity index (χ3v) is 9.40. The number of ether oxygens (including phenoxy) is 1. The first-order valence-corrected chi connectivity index (χ1v) is 16.2. The highest BCUT2D eigenvalue weighted by Gasteiger charge is 2.67. The standard InChI is InChI=1S/C35H36BrN7O4/c1-6-8-23-12-24(25-16-37-22(5)38-17-25)13-26-31(21(4)44)41-42(32(23)26)18-30(45)43-27(14-35(15-28(35)43)19-47-11-7-2)34(46)40-33-20(3)9-10-29(36)39-33/h6-7,9-10,12-13,16-17,27-28H,1-2,8,11,14-15,18-19H2,3-5H3,(H,39,40,46)/t27-,28+,35-/m0/s1. The first-order valence-electron chi connectivity index (χ1n) is 15.4. The van der Waals surface area contributed by atoms with E-state index in [4.69, 9.17) is 4.74 Å². The lowest BCUT2D eigenvalue weighted by Gasteiger charge is -2.27. The summed E-state index contributed by atoms with van der Waals surface area (Å²) >= 11 is 3.37. The van der Waals surface area contributed by atoms with E-state index in [9.17, 15) is 14.4 Å². The zero-order valence-corrected chi connectivity index (χ0v) is 28.2. The van der Waals surface area contributed by atoms with Crippen LogP contribution < -0.4 is 5.32 Å². The topological polar surface area (TPSA) is 132 Å². The summed E-state index contributed by atoms with van der Waals surface area (Å²) in [4.78, 5) is 55.8. The number of fused-ring (bicyclic) bond motifs is 2. The van der Waals surface area contributed by atoms with Crippen molar-refractivity contribution in [2.24, 2.45) is 5.41 Å². The number of nitrogens with one attached hydrogen (secondary N) is 1. The highest BCUT2D eigenvalue weighted by molar-refractivity contribution is 9.10. The summed E-state index contributed by atoms with van der Waals surface area (Å²) in [6.07, 6.45) is 8.62. The van der Waals surface area contributed by atoms with Crippen molar-refractivity contribution in [3.8, 4) is 11.1 Å². The van der Waals surface area contributed by atoms with Crippen LogP contribution in [0, 0.1) is 19.3 Å². The molecule has 0 spiro atoms. The van der Waals surface area contributed by atoms with Crippen LogP contribution in [0.5, 0.6) is 0 Å². The Morgan fingerprint density at radius 3 is 2.57 bits per heavy atom. The third-order valence-electron chi connectivity index (χ3n) is 8.96. The number of benzene rings is 1. The number of anilines is 1. The monoisotopic (exact) mass is 697 g/mol. The number of carbonyl (C=O) groups excluding carboxylic acids is 3. The van der Waals surface area contributed by atoms with Gasteiger partial charge in [0.15, 0.2) is 5.78 Å². The van der Waals surface area contributed by atoms with Gasteiger partial charge in [-0.2, -0.15) is 5.10 Å². The Morgan fingerprint density at radius 1 is 1.11 bits per heavy atom. The summed E-state index contributed by atoms with van der Waals surface area (Å²) in [5, 5.41) is 8.25. The van der Waals surface area contributed by atoms with Gasteiger partial charge in [0.05, 0.1) is 18.7 Å².